The largest absolute Gasteiger partial charge is 0.454 e. The number of hydrogen-bond acceptors (Lipinski definition) is 6. The standard InChI is InChI=1S/C18H27N3O2S/c1-12(6-8-24-2)21-7-5-15-14(10-21)18(20-19-15)13-3-4-16-17(9-13)23-11-22-16/h3-4,9,12,14-15,18-20H,5-8,10-11H2,1-2H3. The highest BCUT2D eigenvalue weighted by Gasteiger charge is 2.41. The summed E-state index contributed by atoms with van der Waals surface area (Å²) in [6.07, 6.45) is 4.68. The lowest BCUT2D eigenvalue weighted by Gasteiger charge is -2.39. The molecule has 2 saturated heterocycles. The predicted octanol–water partition coefficient (Wildman–Crippen LogP) is 2.40. The molecule has 3 heterocycles. The molecule has 4 atom stereocenters. The van der Waals surface area contributed by atoms with Crippen LogP contribution in [-0.4, -0.2) is 48.9 Å². The number of likely N-dealkylation sites (tertiary alicyclic amines) is 1. The Morgan fingerprint density at radius 1 is 1.29 bits per heavy atom. The van der Waals surface area contributed by atoms with Crippen molar-refractivity contribution in [2.45, 2.75) is 37.9 Å². The topological polar surface area (TPSA) is 45.8 Å². The minimum absolute atomic E-state index is 0.333. The molecule has 2 N–H and O–H groups in total. The van der Waals surface area contributed by atoms with Crippen molar-refractivity contribution in [3.8, 4) is 11.5 Å². The van der Waals surface area contributed by atoms with Crippen LogP contribution in [0, 0.1) is 5.92 Å². The number of nitrogens with zero attached hydrogens (tertiary/aromatic N) is 1. The van der Waals surface area contributed by atoms with Crippen LogP contribution in [0.4, 0.5) is 0 Å². The Morgan fingerprint density at radius 3 is 3.04 bits per heavy atom. The van der Waals surface area contributed by atoms with Gasteiger partial charge in [-0.15, -0.1) is 0 Å². The molecule has 0 aromatic heterocycles. The first-order valence-electron chi connectivity index (χ1n) is 8.90. The molecule has 0 bridgehead atoms. The quantitative estimate of drug-likeness (QED) is 0.851. The van der Waals surface area contributed by atoms with Gasteiger partial charge in [0.25, 0.3) is 0 Å². The first-order valence-corrected chi connectivity index (χ1v) is 10.3. The fraction of sp³-hybridized carbons (Fsp3) is 0.667. The summed E-state index contributed by atoms with van der Waals surface area (Å²) in [4.78, 5) is 2.67. The molecular formula is C18H27N3O2S. The summed E-state index contributed by atoms with van der Waals surface area (Å²) in [5.41, 5.74) is 8.35. The molecule has 3 aliphatic rings. The van der Waals surface area contributed by atoms with Gasteiger partial charge in [-0.25, -0.2) is 5.43 Å². The molecule has 24 heavy (non-hydrogen) atoms. The Labute approximate surface area is 148 Å². The van der Waals surface area contributed by atoms with Gasteiger partial charge in [0.05, 0.1) is 6.04 Å². The van der Waals surface area contributed by atoms with Gasteiger partial charge in [-0.1, -0.05) is 6.07 Å². The average Bonchev–Trinajstić information content (AvgIpc) is 3.24. The first-order chi connectivity index (χ1) is 11.8. The zero-order valence-corrected chi connectivity index (χ0v) is 15.3. The maximum atomic E-state index is 5.56. The molecule has 0 radical (unpaired) electrons. The molecule has 0 amide bonds. The van der Waals surface area contributed by atoms with E-state index in [1.807, 2.05) is 17.8 Å². The highest BCUT2D eigenvalue weighted by atomic mass is 32.2. The summed E-state index contributed by atoms with van der Waals surface area (Å²) in [6.45, 7) is 5.06. The predicted molar refractivity (Wildman–Crippen MR) is 97.5 cm³/mol. The first kappa shape index (κ1) is 16.5. The number of hydrogen-bond donors (Lipinski definition) is 2. The van der Waals surface area contributed by atoms with Crippen LogP contribution in [0.3, 0.4) is 0 Å². The fourth-order valence-electron chi connectivity index (χ4n) is 4.14. The van der Waals surface area contributed by atoms with E-state index in [9.17, 15) is 0 Å². The van der Waals surface area contributed by atoms with Crippen LogP contribution in [0.5, 0.6) is 11.5 Å². The molecule has 1 aromatic rings. The van der Waals surface area contributed by atoms with Crippen molar-refractivity contribution in [2.24, 2.45) is 5.92 Å². The van der Waals surface area contributed by atoms with Gasteiger partial charge in [-0.05, 0) is 56.0 Å². The van der Waals surface area contributed by atoms with Crippen LogP contribution in [0.2, 0.25) is 0 Å². The molecule has 132 valence electrons. The maximum Gasteiger partial charge on any atom is 0.231 e. The van der Waals surface area contributed by atoms with E-state index in [1.165, 1.54) is 30.7 Å². The van der Waals surface area contributed by atoms with Crippen molar-refractivity contribution in [3.05, 3.63) is 23.8 Å². The molecule has 3 aliphatic heterocycles. The van der Waals surface area contributed by atoms with Gasteiger partial charge in [-0.3, -0.25) is 5.43 Å². The van der Waals surface area contributed by atoms with Gasteiger partial charge in [0, 0.05) is 24.5 Å². The van der Waals surface area contributed by atoms with E-state index >= 15 is 0 Å². The number of rotatable bonds is 5. The van der Waals surface area contributed by atoms with Gasteiger partial charge in [0.1, 0.15) is 0 Å². The number of fused-ring (bicyclic) bond motifs is 2. The van der Waals surface area contributed by atoms with E-state index in [0.29, 0.717) is 30.8 Å². The van der Waals surface area contributed by atoms with Crippen LogP contribution in [0.1, 0.15) is 31.4 Å². The van der Waals surface area contributed by atoms with E-state index in [4.69, 9.17) is 9.47 Å². The van der Waals surface area contributed by atoms with Crippen LogP contribution in [0.15, 0.2) is 18.2 Å². The second-order valence-electron chi connectivity index (χ2n) is 7.06. The van der Waals surface area contributed by atoms with Crippen molar-refractivity contribution in [1.82, 2.24) is 15.8 Å². The Hall–Kier alpha value is -0.950. The third-order valence-electron chi connectivity index (χ3n) is 5.66. The number of hydrazine groups is 1. The van der Waals surface area contributed by atoms with Crippen molar-refractivity contribution >= 4 is 11.8 Å². The Kier molecular flexibility index (Phi) is 4.90. The fourth-order valence-corrected chi connectivity index (χ4v) is 4.71. The molecule has 6 heteroatoms. The summed E-state index contributed by atoms with van der Waals surface area (Å²) in [6, 6.07) is 7.90. The summed E-state index contributed by atoms with van der Waals surface area (Å²) in [7, 11) is 0. The molecule has 4 unspecified atom stereocenters. The second-order valence-corrected chi connectivity index (χ2v) is 8.05. The SMILES string of the molecule is CSCCC(C)N1CCC2NNC(c3ccc4c(c3)OCO4)C2C1. The van der Waals surface area contributed by atoms with E-state index in [2.05, 4.69) is 41.1 Å². The Balaban J connectivity index is 1.47. The highest BCUT2D eigenvalue weighted by Crippen LogP contribution is 2.39. The number of benzene rings is 1. The summed E-state index contributed by atoms with van der Waals surface area (Å²) in [5, 5.41) is 0. The minimum atomic E-state index is 0.333. The molecule has 2 fully saturated rings. The second kappa shape index (κ2) is 7.12. The summed E-state index contributed by atoms with van der Waals surface area (Å²) >= 11 is 1.95. The van der Waals surface area contributed by atoms with E-state index in [0.717, 1.165) is 18.0 Å². The summed E-state index contributed by atoms with van der Waals surface area (Å²) in [5.74, 6) is 3.57. The molecule has 5 nitrogen and oxygen atoms in total. The van der Waals surface area contributed by atoms with Crippen LogP contribution in [0.25, 0.3) is 0 Å². The van der Waals surface area contributed by atoms with Gasteiger partial charge in [0.15, 0.2) is 11.5 Å². The van der Waals surface area contributed by atoms with Crippen molar-refractivity contribution < 1.29 is 9.47 Å². The van der Waals surface area contributed by atoms with Crippen LogP contribution in [-0.2, 0) is 0 Å². The zero-order valence-electron chi connectivity index (χ0n) is 14.5. The van der Waals surface area contributed by atoms with Crippen molar-refractivity contribution in [3.63, 3.8) is 0 Å². The van der Waals surface area contributed by atoms with Crippen molar-refractivity contribution in [1.29, 1.82) is 0 Å². The molecule has 4 rings (SSSR count). The number of ether oxygens (including phenoxy) is 2. The highest BCUT2D eigenvalue weighted by molar-refractivity contribution is 7.98. The lowest BCUT2D eigenvalue weighted by Crippen LogP contribution is -2.48. The molecule has 0 aliphatic carbocycles. The number of piperidine rings is 1. The van der Waals surface area contributed by atoms with E-state index in [-0.39, 0.29) is 0 Å². The maximum absolute atomic E-state index is 5.56. The van der Waals surface area contributed by atoms with E-state index < -0.39 is 0 Å². The minimum Gasteiger partial charge on any atom is -0.454 e. The van der Waals surface area contributed by atoms with Crippen molar-refractivity contribution in [2.75, 3.05) is 31.9 Å². The van der Waals surface area contributed by atoms with E-state index in [1.54, 1.807) is 0 Å². The monoisotopic (exact) mass is 349 g/mol. The van der Waals surface area contributed by atoms with Crippen LogP contribution >= 0.6 is 11.8 Å². The molecule has 0 saturated carbocycles. The van der Waals surface area contributed by atoms with Crippen LogP contribution < -0.4 is 20.3 Å². The summed E-state index contributed by atoms with van der Waals surface area (Å²) < 4.78 is 11.0. The number of thioether (sulfide) groups is 1. The third-order valence-corrected chi connectivity index (χ3v) is 6.30. The lowest BCUT2D eigenvalue weighted by atomic mass is 9.84. The molecule has 0 spiro atoms. The van der Waals surface area contributed by atoms with Gasteiger partial charge >= 0.3 is 0 Å². The average molecular weight is 350 g/mol. The molecular weight excluding hydrogens is 322 g/mol. The van der Waals surface area contributed by atoms with Gasteiger partial charge < -0.3 is 14.4 Å². The lowest BCUT2D eigenvalue weighted by molar-refractivity contribution is 0.114. The molecule has 1 aromatic carbocycles. The van der Waals surface area contributed by atoms with Gasteiger partial charge in [0.2, 0.25) is 6.79 Å². The Bertz CT molecular complexity index is 585. The smallest absolute Gasteiger partial charge is 0.231 e. The normalized spacial score (nSPS) is 30.3. The number of nitrogens with one attached hydrogen (secondary N) is 2. The Morgan fingerprint density at radius 2 is 2.17 bits per heavy atom. The zero-order chi connectivity index (χ0) is 16.5. The van der Waals surface area contributed by atoms with Gasteiger partial charge in [-0.2, -0.15) is 11.8 Å². The third kappa shape index (κ3) is 3.12.